The summed E-state index contributed by atoms with van der Waals surface area (Å²) in [6.45, 7) is -2.71. The zero-order chi connectivity index (χ0) is 26.6. The summed E-state index contributed by atoms with van der Waals surface area (Å²) in [4.78, 5) is 17.2. The maximum atomic E-state index is 13.2. The third-order valence-corrected chi connectivity index (χ3v) is 6.74. The number of ether oxygens (including phenoxy) is 1. The van der Waals surface area contributed by atoms with Gasteiger partial charge < -0.3 is 15.2 Å². The van der Waals surface area contributed by atoms with Crippen molar-refractivity contribution in [2.45, 2.75) is 44.2 Å². The highest BCUT2D eigenvalue weighted by molar-refractivity contribution is 7.84. The SMILES string of the molecule is CNS(=O)(=O)O[C@@H]1C[C@H](Nc2ccncc2C(=O)c2ccn(Cc3cccc(OC(F)F)c3)n2)C[C@@H]1O. The molecule has 1 aliphatic carbocycles. The van der Waals surface area contributed by atoms with Crippen LogP contribution in [0.1, 0.15) is 34.5 Å². The fourth-order valence-electron chi connectivity index (χ4n) is 4.05. The molecule has 0 unspecified atom stereocenters. The molecule has 1 aromatic carbocycles. The molecule has 14 heteroatoms. The van der Waals surface area contributed by atoms with Crippen LogP contribution >= 0.6 is 0 Å². The number of rotatable bonds is 11. The highest BCUT2D eigenvalue weighted by Gasteiger charge is 2.37. The molecule has 0 aliphatic heterocycles. The van der Waals surface area contributed by atoms with Crippen molar-refractivity contribution >= 4 is 21.8 Å². The summed E-state index contributed by atoms with van der Waals surface area (Å²) in [5.41, 5.74) is 1.48. The number of aliphatic hydroxyl groups excluding tert-OH is 1. The number of ketones is 1. The number of pyridine rings is 1. The minimum absolute atomic E-state index is 0.0234. The van der Waals surface area contributed by atoms with Gasteiger partial charge in [0.15, 0.2) is 0 Å². The van der Waals surface area contributed by atoms with Crippen molar-refractivity contribution in [3.8, 4) is 5.75 Å². The van der Waals surface area contributed by atoms with Crippen LogP contribution in [0.3, 0.4) is 0 Å². The molecule has 198 valence electrons. The lowest BCUT2D eigenvalue weighted by Gasteiger charge is -2.16. The third-order valence-electron chi connectivity index (χ3n) is 5.74. The van der Waals surface area contributed by atoms with Crippen molar-refractivity contribution < 1.29 is 36.0 Å². The first-order valence-corrected chi connectivity index (χ1v) is 12.7. The Bertz CT molecular complexity index is 1350. The second-order valence-corrected chi connectivity index (χ2v) is 9.86. The van der Waals surface area contributed by atoms with Crippen molar-refractivity contribution in [3.63, 3.8) is 0 Å². The number of aliphatic hydroxyl groups is 1. The van der Waals surface area contributed by atoms with Gasteiger partial charge in [-0.05, 0) is 42.7 Å². The molecule has 4 rings (SSSR count). The lowest BCUT2D eigenvalue weighted by atomic mass is 10.1. The van der Waals surface area contributed by atoms with Crippen LogP contribution in [0, 0.1) is 0 Å². The van der Waals surface area contributed by atoms with Gasteiger partial charge in [0.2, 0.25) is 5.78 Å². The van der Waals surface area contributed by atoms with Crippen LogP contribution in [0.15, 0.2) is 55.0 Å². The number of benzene rings is 1. The van der Waals surface area contributed by atoms with Gasteiger partial charge in [0, 0.05) is 37.4 Å². The molecule has 3 N–H and O–H groups in total. The van der Waals surface area contributed by atoms with E-state index in [1.165, 1.54) is 42.3 Å². The van der Waals surface area contributed by atoms with Gasteiger partial charge >= 0.3 is 16.9 Å². The van der Waals surface area contributed by atoms with Crippen molar-refractivity contribution in [2.24, 2.45) is 0 Å². The summed E-state index contributed by atoms with van der Waals surface area (Å²) < 4.78 is 61.3. The highest BCUT2D eigenvalue weighted by atomic mass is 32.2. The highest BCUT2D eigenvalue weighted by Crippen LogP contribution is 2.28. The molecule has 0 radical (unpaired) electrons. The van der Waals surface area contributed by atoms with Crippen LogP contribution in [-0.2, 0) is 21.0 Å². The Labute approximate surface area is 211 Å². The third kappa shape index (κ3) is 6.85. The van der Waals surface area contributed by atoms with Crippen molar-refractivity contribution in [2.75, 3.05) is 12.4 Å². The maximum absolute atomic E-state index is 13.2. The smallest absolute Gasteiger partial charge is 0.387 e. The molecule has 0 amide bonds. The summed E-state index contributed by atoms with van der Waals surface area (Å²) in [7, 11) is -2.76. The molecule has 1 saturated carbocycles. The van der Waals surface area contributed by atoms with Gasteiger partial charge in [-0.2, -0.15) is 27.0 Å². The van der Waals surface area contributed by atoms with Gasteiger partial charge in [0.05, 0.1) is 18.2 Å². The fraction of sp³-hybridized carbons (Fsp3) is 0.348. The van der Waals surface area contributed by atoms with E-state index in [0.717, 1.165) is 0 Å². The predicted octanol–water partition coefficient (Wildman–Crippen LogP) is 1.94. The Morgan fingerprint density at radius 2 is 2.08 bits per heavy atom. The molecule has 3 atom stereocenters. The molecule has 3 aromatic rings. The number of carbonyl (C=O) groups excluding carboxylic acids is 1. The fourth-order valence-corrected chi connectivity index (χ4v) is 4.67. The zero-order valence-corrected chi connectivity index (χ0v) is 20.4. The number of hydrogen-bond acceptors (Lipinski definition) is 9. The van der Waals surface area contributed by atoms with Gasteiger partial charge in [0.25, 0.3) is 0 Å². The number of nitrogens with zero attached hydrogens (tertiary/aromatic N) is 3. The summed E-state index contributed by atoms with van der Waals surface area (Å²) in [5.74, 6) is -0.386. The van der Waals surface area contributed by atoms with Crippen molar-refractivity contribution in [1.82, 2.24) is 19.5 Å². The van der Waals surface area contributed by atoms with E-state index in [0.29, 0.717) is 11.3 Å². The molecule has 11 nitrogen and oxygen atoms in total. The molecule has 0 spiro atoms. The second kappa shape index (κ2) is 11.3. The Hall–Kier alpha value is -3.46. The van der Waals surface area contributed by atoms with Gasteiger partial charge in [-0.1, -0.05) is 12.1 Å². The van der Waals surface area contributed by atoms with Crippen LogP contribution in [0.2, 0.25) is 0 Å². The van der Waals surface area contributed by atoms with Gasteiger partial charge in [-0.3, -0.25) is 18.6 Å². The maximum Gasteiger partial charge on any atom is 0.387 e. The Morgan fingerprint density at radius 1 is 1.27 bits per heavy atom. The van der Waals surface area contributed by atoms with E-state index < -0.39 is 34.9 Å². The Balaban J connectivity index is 1.45. The topological polar surface area (TPSA) is 145 Å². The number of hydrogen-bond donors (Lipinski definition) is 3. The normalized spacial score (nSPS) is 19.8. The zero-order valence-electron chi connectivity index (χ0n) is 19.6. The number of halogens is 2. The minimum atomic E-state index is -3.97. The largest absolute Gasteiger partial charge is 0.435 e. The predicted molar refractivity (Wildman–Crippen MR) is 128 cm³/mol. The lowest BCUT2D eigenvalue weighted by Crippen LogP contribution is -2.31. The quantitative estimate of drug-likeness (QED) is 0.313. The van der Waals surface area contributed by atoms with E-state index in [-0.39, 0.29) is 42.4 Å². The average molecular weight is 538 g/mol. The summed E-state index contributed by atoms with van der Waals surface area (Å²) in [6, 6.07) is 8.96. The first-order valence-electron chi connectivity index (χ1n) is 11.3. The number of nitrogens with one attached hydrogen (secondary N) is 2. The molecule has 0 bridgehead atoms. The molecule has 2 aromatic heterocycles. The molecular weight excluding hydrogens is 512 g/mol. The van der Waals surface area contributed by atoms with Gasteiger partial charge in [-0.15, -0.1) is 0 Å². The van der Waals surface area contributed by atoms with E-state index in [4.69, 9.17) is 4.18 Å². The van der Waals surface area contributed by atoms with Crippen molar-refractivity contribution in [3.05, 3.63) is 71.8 Å². The first kappa shape index (κ1) is 26.6. The minimum Gasteiger partial charge on any atom is -0.435 e. The molecule has 2 heterocycles. The molecule has 37 heavy (non-hydrogen) atoms. The summed E-state index contributed by atoms with van der Waals surface area (Å²) in [6.07, 6.45) is 2.94. The lowest BCUT2D eigenvalue weighted by molar-refractivity contribution is -0.0498. The molecule has 1 aliphatic rings. The number of carbonyl (C=O) groups is 1. The van der Waals surface area contributed by atoms with E-state index in [2.05, 4.69) is 20.1 Å². The van der Waals surface area contributed by atoms with Crippen LogP contribution in [-0.4, -0.2) is 66.0 Å². The van der Waals surface area contributed by atoms with Crippen LogP contribution in [0.25, 0.3) is 0 Å². The second-order valence-electron chi connectivity index (χ2n) is 8.35. The number of aromatic nitrogens is 3. The number of alkyl halides is 2. The molecule has 0 saturated heterocycles. The number of anilines is 1. The van der Waals surface area contributed by atoms with Gasteiger partial charge in [-0.25, -0.2) is 0 Å². The van der Waals surface area contributed by atoms with E-state index in [9.17, 15) is 27.1 Å². The van der Waals surface area contributed by atoms with Gasteiger partial charge in [0.1, 0.15) is 17.5 Å². The van der Waals surface area contributed by atoms with Crippen LogP contribution < -0.4 is 14.8 Å². The molecular formula is C23H25F2N5O6S. The monoisotopic (exact) mass is 537 g/mol. The Kier molecular flexibility index (Phi) is 8.12. The summed E-state index contributed by atoms with van der Waals surface area (Å²) in [5, 5.41) is 17.7. The van der Waals surface area contributed by atoms with Crippen LogP contribution in [0.4, 0.5) is 14.5 Å². The van der Waals surface area contributed by atoms with E-state index in [1.807, 2.05) is 4.72 Å². The standard InChI is InChI=1S/C23H25F2N5O6S/c1-26-37(33,34)36-21-11-15(10-20(21)31)28-18-5-7-27-12-17(18)22(32)19-6-8-30(29-19)13-14-3-2-4-16(9-14)35-23(24)25/h2-9,12,15,20-21,23,26,31H,10-11,13H2,1H3,(H,27,28)/t15-,20+,21-/m1/s1. The van der Waals surface area contributed by atoms with E-state index in [1.54, 1.807) is 24.4 Å². The molecule has 1 fully saturated rings. The first-order chi connectivity index (χ1) is 17.6. The van der Waals surface area contributed by atoms with Crippen LogP contribution in [0.5, 0.6) is 5.75 Å². The van der Waals surface area contributed by atoms with E-state index >= 15 is 0 Å². The average Bonchev–Trinajstić information content (AvgIpc) is 3.44. The Morgan fingerprint density at radius 3 is 2.84 bits per heavy atom. The van der Waals surface area contributed by atoms with Crippen molar-refractivity contribution in [1.29, 1.82) is 0 Å². The summed E-state index contributed by atoms with van der Waals surface area (Å²) >= 11 is 0.